The van der Waals surface area contributed by atoms with Crippen molar-refractivity contribution in [2.24, 2.45) is 4.99 Å². The van der Waals surface area contributed by atoms with E-state index in [0.717, 1.165) is 49.6 Å². The average molecular weight is 463 g/mol. The van der Waals surface area contributed by atoms with Gasteiger partial charge in [-0.1, -0.05) is 12.1 Å². The van der Waals surface area contributed by atoms with Crippen molar-refractivity contribution >= 4 is 35.9 Å². The van der Waals surface area contributed by atoms with Crippen LogP contribution in [0.4, 0.5) is 0 Å². The van der Waals surface area contributed by atoms with Crippen LogP contribution in [-0.2, 0) is 16.0 Å². The SMILES string of the molecule is CN=C(NCCCCC(=O)OC)NCCc1ccc(C)c(OC)c1.I. The Kier molecular flexibility index (Phi) is 12.9. The van der Waals surface area contributed by atoms with E-state index >= 15 is 0 Å². The summed E-state index contributed by atoms with van der Waals surface area (Å²) in [5.74, 6) is 1.53. The number of benzene rings is 1. The van der Waals surface area contributed by atoms with Gasteiger partial charge in [0.05, 0.1) is 14.2 Å². The summed E-state index contributed by atoms with van der Waals surface area (Å²) in [7, 11) is 4.85. The van der Waals surface area contributed by atoms with Crippen LogP contribution in [0.25, 0.3) is 0 Å². The quantitative estimate of drug-likeness (QED) is 0.194. The highest BCUT2D eigenvalue weighted by molar-refractivity contribution is 14.0. The van der Waals surface area contributed by atoms with Gasteiger partial charge in [0.15, 0.2) is 5.96 Å². The van der Waals surface area contributed by atoms with Crippen LogP contribution in [-0.4, -0.2) is 46.3 Å². The number of unbranched alkanes of at least 4 members (excludes halogenated alkanes) is 1. The van der Waals surface area contributed by atoms with Gasteiger partial charge in [0.1, 0.15) is 5.75 Å². The number of nitrogens with zero attached hydrogens (tertiary/aromatic N) is 1. The van der Waals surface area contributed by atoms with E-state index in [1.807, 2.05) is 6.92 Å². The van der Waals surface area contributed by atoms with Crippen LogP contribution in [0, 0.1) is 6.92 Å². The number of halogens is 1. The molecule has 0 amide bonds. The van der Waals surface area contributed by atoms with E-state index in [-0.39, 0.29) is 29.9 Å². The van der Waals surface area contributed by atoms with Crippen LogP contribution in [0.2, 0.25) is 0 Å². The van der Waals surface area contributed by atoms with E-state index in [4.69, 9.17) is 4.74 Å². The van der Waals surface area contributed by atoms with Crippen molar-refractivity contribution in [2.75, 3.05) is 34.4 Å². The summed E-state index contributed by atoms with van der Waals surface area (Å²) in [5, 5.41) is 6.53. The van der Waals surface area contributed by atoms with Gasteiger partial charge in [-0.05, 0) is 43.4 Å². The Hall–Kier alpha value is -1.51. The normalized spacial score (nSPS) is 10.6. The summed E-state index contributed by atoms with van der Waals surface area (Å²) in [6, 6.07) is 6.26. The molecule has 0 aromatic heterocycles. The fourth-order valence-corrected chi connectivity index (χ4v) is 2.27. The topological polar surface area (TPSA) is 72.0 Å². The highest BCUT2D eigenvalue weighted by Gasteiger charge is 2.02. The van der Waals surface area contributed by atoms with Crippen molar-refractivity contribution in [1.82, 2.24) is 10.6 Å². The van der Waals surface area contributed by atoms with E-state index in [1.54, 1.807) is 14.2 Å². The molecule has 0 aliphatic heterocycles. The third-order valence-electron chi connectivity index (χ3n) is 3.73. The zero-order chi connectivity index (χ0) is 17.8. The first kappa shape index (κ1) is 23.5. The van der Waals surface area contributed by atoms with E-state index in [1.165, 1.54) is 12.7 Å². The maximum absolute atomic E-state index is 11.0. The molecule has 0 unspecified atom stereocenters. The van der Waals surface area contributed by atoms with Crippen molar-refractivity contribution in [3.8, 4) is 5.75 Å². The number of nitrogens with one attached hydrogen (secondary N) is 2. The molecule has 0 saturated carbocycles. The number of carbonyl (C=O) groups is 1. The number of esters is 1. The lowest BCUT2D eigenvalue weighted by Crippen LogP contribution is -2.38. The van der Waals surface area contributed by atoms with Gasteiger partial charge >= 0.3 is 5.97 Å². The van der Waals surface area contributed by atoms with Crippen LogP contribution < -0.4 is 15.4 Å². The maximum Gasteiger partial charge on any atom is 0.305 e. The molecule has 0 aliphatic rings. The Morgan fingerprint density at radius 1 is 1.16 bits per heavy atom. The Bertz CT molecular complexity index is 550. The standard InChI is InChI=1S/C18H29N3O3.HI/c1-14-8-9-15(13-16(14)23-3)10-12-21-18(19-2)20-11-6-5-7-17(22)24-4;/h8-9,13H,5-7,10-12H2,1-4H3,(H2,19,20,21);1H. The molecule has 0 fully saturated rings. The summed E-state index contributed by atoms with van der Waals surface area (Å²) < 4.78 is 9.96. The molecule has 2 N–H and O–H groups in total. The van der Waals surface area contributed by atoms with Gasteiger partial charge < -0.3 is 20.1 Å². The van der Waals surface area contributed by atoms with E-state index in [9.17, 15) is 4.79 Å². The first-order valence-corrected chi connectivity index (χ1v) is 8.25. The first-order chi connectivity index (χ1) is 11.6. The van der Waals surface area contributed by atoms with Gasteiger partial charge in [0.2, 0.25) is 0 Å². The number of ether oxygens (including phenoxy) is 2. The molecule has 25 heavy (non-hydrogen) atoms. The van der Waals surface area contributed by atoms with Gasteiger partial charge in [0.25, 0.3) is 0 Å². The lowest BCUT2D eigenvalue weighted by molar-refractivity contribution is -0.140. The van der Waals surface area contributed by atoms with Crippen molar-refractivity contribution < 1.29 is 14.3 Å². The summed E-state index contributed by atoms with van der Waals surface area (Å²) in [4.78, 5) is 15.2. The van der Waals surface area contributed by atoms with E-state index < -0.39 is 0 Å². The van der Waals surface area contributed by atoms with Gasteiger partial charge in [-0.2, -0.15) is 0 Å². The third kappa shape index (κ3) is 9.52. The first-order valence-electron chi connectivity index (χ1n) is 8.25. The molecular weight excluding hydrogens is 433 g/mol. The Balaban J connectivity index is 0.00000576. The van der Waals surface area contributed by atoms with Gasteiger partial charge in [-0.25, -0.2) is 0 Å². The van der Waals surface area contributed by atoms with Crippen molar-refractivity contribution in [3.63, 3.8) is 0 Å². The second-order valence-corrected chi connectivity index (χ2v) is 5.51. The fourth-order valence-electron chi connectivity index (χ4n) is 2.27. The second-order valence-electron chi connectivity index (χ2n) is 5.51. The van der Waals surface area contributed by atoms with Gasteiger partial charge in [-0.15, -0.1) is 24.0 Å². The minimum atomic E-state index is -0.161. The minimum Gasteiger partial charge on any atom is -0.496 e. The third-order valence-corrected chi connectivity index (χ3v) is 3.73. The van der Waals surface area contributed by atoms with Gasteiger partial charge in [-0.3, -0.25) is 9.79 Å². The Morgan fingerprint density at radius 2 is 1.88 bits per heavy atom. The number of aliphatic imine (C=N–C) groups is 1. The second kappa shape index (κ2) is 13.7. The molecular formula is C18H30IN3O3. The molecule has 7 heteroatoms. The highest BCUT2D eigenvalue weighted by atomic mass is 127. The molecule has 0 heterocycles. The van der Waals surface area contributed by atoms with Crippen molar-refractivity contribution in [2.45, 2.75) is 32.6 Å². The zero-order valence-corrected chi connectivity index (χ0v) is 17.9. The van der Waals surface area contributed by atoms with Crippen molar-refractivity contribution in [1.29, 1.82) is 0 Å². The fraction of sp³-hybridized carbons (Fsp3) is 0.556. The largest absolute Gasteiger partial charge is 0.496 e. The van der Waals surface area contributed by atoms with Crippen LogP contribution in [0.3, 0.4) is 0 Å². The monoisotopic (exact) mass is 463 g/mol. The van der Waals surface area contributed by atoms with Crippen molar-refractivity contribution in [3.05, 3.63) is 29.3 Å². The molecule has 0 atom stereocenters. The molecule has 6 nitrogen and oxygen atoms in total. The van der Waals surface area contributed by atoms with Crippen LogP contribution in [0.15, 0.2) is 23.2 Å². The molecule has 142 valence electrons. The lowest BCUT2D eigenvalue weighted by Gasteiger charge is -2.12. The minimum absolute atomic E-state index is 0. The average Bonchev–Trinajstić information content (AvgIpc) is 2.60. The lowest BCUT2D eigenvalue weighted by atomic mass is 10.1. The van der Waals surface area contributed by atoms with E-state index in [2.05, 4.69) is 38.6 Å². The van der Waals surface area contributed by atoms with E-state index in [0.29, 0.717) is 6.42 Å². The molecule has 1 rings (SSSR count). The summed E-state index contributed by atoms with van der Waals surface area (Å²) in [5.41, 5.74) is 2.36. The van der Waals surface area contributed by atoms with Gasteiger partial charge in [0, 0.05) is 26.6 Å². The number of carbonyl (C=O) groups excluding carboxylic acids is 1. The summed E-state index contributed by atoms with van der Waals surface area (Å²) in [6.45, 7) is 3.59. The zero-order valence-electron chi connectivity index (χ0n) is 15.6. The molecule has 0 aliphatic carbocycles. The molecule has 0 radical (unpaired) electrons. The number of hydrogen-bond acceptors (Lipinski definition) is 4. The molecule has 1 aromatic carbocycles. The number of hydrogen-bond donors (Lipinski definition) is 2. The smallest absolute Gasteiger partial charge is 0.305 e. The predicted octanol–water partition coefficient (Wildman–Crippen LogP) is 2.67. The summed E-state index contributed by atoms with van der Waals surface area (Å²) in [6.07, 6.45) is 3.05. The predicted molar refractivity (Wildman–Crippen MR) is 112 cm³/mol. The van der Waals surface area contributed by atoms with Crippen LogP contribution in [0.5, 0.6) is 5.75 Å². The number of aryl methyl sites for hydroxylation is 1. The Labute approximate surface area is 167 Å². The van der Waals surface area contributed by atoms with Crippen LogP contribution >= 0.6 is 24.0 Å². The number of rotatable bonds is 9. The number of methoxy groups -OCH3 is 2. The summed E-state index contributed by atoms with van der Waals surface area (Å²) >= 11 is 0. The molecule has 1 aromatic rings. The Morgan fingerprint density at radius 3 is 2.52 bits per heavy atom. The highest BCUT2D eigenvalue weighted by Crippen LogP contribution is 2.18. The molecule has 0 saturated heterocycles. The molecule has 0 spiro atoms. The maximum atomic E-state index is 11.0. The van der Waals surface area contributed by atoms with Crippen LogP contribution in [0.1, 0.15) is 30.4 Å². The number of guanidine groups is 1. The molecule has 0 bridgehead atoms.